The lowest BCUT2D eigenvalue weighted by molar-refractivity contribution is -0.121. The fourth-order valence-corrected chi connectivity index (χ4v) is 5.07. The fraction of sp³-hybridized carbons (Fsp3) is 0.167. The Morgan fingerprint density at radius 2 is 1.78 bits per heavy atom. The van der Waals surface area contributed by atoms with E-state index in [4.69, 9.17) is 0 Å². The number of amides is 3. The molecule has 2 aromatic carbocycles. The Morgan fingerprint density at radius 1 is 1.03 bits per heavy atom. The van der Waals surface area contributed by atoms with Gasteiger partial charge in [-0.25, -0.2) is 0 Å². The number of nitrogens with one attached hydrogen (secondary N) is 2. The van der Waals surface area contributed by atoms with Crippen LogP contribution in [0.3, 0.4) is 0 Å². The smallest absolute Gasteiger partial charge is 0.282 e. The highest BCUT2D eigenvalue weighted by molar-refractivity contribution is 8.00. The van der Waals surface area contributed by atoms with Crippen molar-refractivity contribution in [2.75, 3.05) is 5.75 Å². The van der Waals surface area contributed by atoms with Crippen molar-refractivity contribution < 1.29 is 14.4 Å². The zero-order chi connectivity index (χ0) is 22.6. The number of benzene rings is 2. The van der Waals surface area contributed by atoms with Crippen molar-refractivity contribution in [3.05, 3.63) is 70.5 Å². The number of nitrogens with zero attached hydrogens (tertiary/aromatic N) is 2. The summed E-state index contributed by atoms with van der Waals surface area (Å²) in [6.07, 6.45) is 0. The molecule has 0 saturated heterocycles. The average Bonchev–Trinajstić information content (AvgIpc) is 3.21. The van der Waals surface area contributed by atoms with Gasteiger partial charge in [-0.1, -0.05) is 29.8 Å². The number of carbonyl (C=O) groups is 3. The van der Waals surface area contributed by atoms with Gasteiger partial charge in [-0.2, -0.15) is 5.01 Å². The van der Waals surface area contributed by atoms with E-state index < -0.39 is 17.7 Å². The summed E-state index contributed by atoms with van der Waals surface area (Å²) >= 11 is 1.36. The number of thioether (sulfide) groups is 1. The van der Waals surface area contributed by atoms with E-state index in [0.717, 1.165) is 32.1 Å². The number of rotatable bonds is 4. The monoisotopic (exact) mass is 444 g/mol. The van der Waals surface area contributed by atoms with Crippen LogP contribution in [0.25, 0.3) is 21.8 Å². The number of hydrogen-bond acceptors (Lipinski definition) is 5. The number of aromatic nitrogens is 2. The summed E-state index contributed by atoms with van der Waals surface area (Å²) in [5.41, 5.74) is 7.07. The Kier molecular flexibility index (Phi) is 4.74. The van der Waals surface area contributed by atoms with Crippen LogP contribution >= 0.6 is 11.8 Å². The minimum atomic E-state index is -0.556. The summed E-state index contributed by atoms with van der Waals surface area (Å²) in [6.45, 7) is 5.56. The normalized spacial score (nSPS) is 13.3. The number of carbonyl (C=O) groups excluding carboxylic acids is 3. The highest BCUT2D eigenvalue weighted by Crippen LogP contribution is 2.33. The van der Waals surface area contributed by atoms with Crippen LogP contribution in [0.5, 0.6) is 0 Å². The summed E-state index contributed by atoms with van der Waals surface area (Å²) in [6, 6.07) is 13.4. The second kappa shape index (κ2) is 7.49. The van der Waals surface area contributed by atoms with Crippen LogP contribution in [-0.4, -0.2) is 38.5 Å². The van der Waals surface area contributed by atoms with Crippen molar-refractivity contribution in [1.29, 1.82) is 0 Å². The van der Waals surface area contributed by atoms with Crippen molar-refractivity contribution in [3.8, 4) is 0 Å². The summed E-state index contributed by atoms with van der Waals surface area (Å²) in [7, 11) is 0. The van der Waals surface area contributed by atoms with E-state index >= 15 is 0 Å². The molecule has 7 nitrogen and oxygen atoms in total. The molecule has 0 unspecified atom stereocenters. The Hall–Kier alpha value is -3.65. The standard InChI is InChI=1S/C24H20N4O3S/c1-12-8-9-18-16(10-12)21-20(13(2)25-18)23(30)28(24(21)31)27-19(29)11-32-22-14(3)26-17-7-5-4-6-15(17)22/h4-10,26H,11H2,1-3H3,(H,27,29). The zero-order valence-corrected chi connectivity index (χ0v) is 18.6. The minimum absolute atomic E-state index is 0.0627. The lowest BCUT2D eigenvalue weighted by Crippen LogP contribution is -2.46. The predicted octanol–water partition coefficient (Wildman–Crippen LogP) is 4.06. The van der Waals surface area contributed by atoms with E-state index in [9.17, 15) is 14.4 Å². The summed E-state index contributed by atoms with van der Waals surface area (Å²) in [5.74, 6) is -1.46. The van der Waals surface area contributed by atoms with E-state index in [1.807, 2.05) is 56.3 Å². The zero-order valence-electron chi connectivity index (χ0n) is 17.8. The van der Waals surface area contributed by atoms with Crippen molar-refractivity contribution in [1.82, 2.24) is 20.4 Å². The maximum absolute atomic E-state index is 13.1. The molecule has 0 fully saturated rings. The second-order valence-electron chi connectivity index (χ2n) is 7.86. The van der Waals surface area contributed by atoms with Crippen LogP contribution < -0.4 is 5.43 Å². The number of imide groups is 1. The molecule has 4 aromatic rings. The Balaban J connectivity index is 1.39. The van der Waals surface area contributed by atoms with Crippen molar-refractivity contribution in [3.63, 3.8) is 0 Å². The third kappa shape index (κ3) is 3.15. The summed E-state index contributed by atoms with van der Waals surface area (Å²) in [4.78, 5) is 47.6. The third-order valence-corrected chi connectivity index (χ3v) is 6.80. The number of pyridine rings is 1. The average molecular weight is 445 g/mol. The summed E-state index contributed by atoms with van der Waals surface area (Å²) < 4.78 is 0. The quantitative estimate of drug-likeness (QED) is 0.366. The van der Waals surface area contributed by atoms with Gasteiger partial charge in [0.1, 0.15) is 0 Å². The van der Waals surface area contributed by atoms with Gasteiger partial charge in [-0.05, 0) is 39.0 Å². The number of hydrogen-bond donors (Lipinski definition) is 2. The van der Waals surface area contributed by atoms with Gasteiger partial charge in [0, 0.05) is 26.9 Å². The second-order valence-corrected chi connectivity index (χ2v) is 8.85. The fourth-order valence-electron chi connectivity index (χ4n) is 4.13. The first-order valence-electron chi connectivity index (χ1n) is 10.1. The van der Waals surface area contributed by atoms with Crippen molar-refractivity contribution in [2.24, 2.45) is 0 Å². The van der Waals surface area contributed by atoms with E-state index in [0.29, 0.717) is 22.2 Å². The predicted molar refractivity (Wildman–Crippen MR) is 124 cm³/mol. The van der Waals surface area contributed by atoms with Crippen LogP contribution in [0.15, 0.2) is 47.4 Å². The minimum Gasteiger partial charge on any atom is -0.358 e. The molecule has 1 aliphatic heterocycles. The molecule has 8 heteroatoms. The highest BCUT2D eigenvalue weighted by atomic mass is 32.2. The lowest BCUT2D eigenvalue weighted by atomic mass is 10.0. The van der Waals surface area contributed by atoms with Crippen molar-refractivity contribution in [2.45, 2.75) is 25.7 Å². The molecule has 0 atom stereocenters. The molecule has 0 saturated carbocycles. The highest BCUT2D eigenvalue weighted by Gasteiger charge is 2.40. The molecule has 3 amide bonds. The van der Waals surface area contributed by atoms with E-state index in [-0.39, 0.29) is 11.3 Å². The number of para-hydroxylation sites is 1. The molecule has 0 aliphatic carbocycles. The number of aromatic amines is 1. The van der Waals surface area contributed by atoms with Crippen molar-refractivity contribution >= 4 is 51.3 Å². The largest absolute Gasteiger partial charge is 0.358 e. The third-order valence-electron chi connectivity index (χ3n) is 5.57. The first kappa shape index (κ1) is 20.3. The molecule has 32 heavy (non-hydrogen) atoms. The first-order chi connectivity index (χ1) is 15.3. The molecule has 0 bridgehead atoms. The maximum atomic E-state index is 13.1. The Morgan fingerprint density at radius 3 is 2.59 bits per heavy atom. The molecule has 160 valence electrons. The summed E-state index contributed by atoms with van der Waals surface area (Å²) in [5, 5.41) is 2.46. The molecule has 1 aliphatic rings. The topological polar surface area (TPSA) is 95.2 Å². The van der Waals surface area contributed by atoms with Gasteiger partial charge in [0.25, 0.3) is 11.8 Å². The lowest BCUT2D eigenvalue weighted by Gasteiger charge is -2.15. The van der Waals surface area contributed by atoms with Crippen LogP contribution in [0, 0.1) is 20.8 Å². The van der Waals surface area contributed by atoms with Crippen LogP contribution in [0.1, 0.15) is 37.7 Å². The molecule has 3 heterocycles. The molecule has 0 spiro atoms. The molecule has 5 rings (SSSR count). The molecule has 2 aromatic heterocycles. The van der Waals surface area contributed by atoms with Gasteiger partial charge < -0.3 is 4.98 Å². The van der Waals surface area contributed by atoms with Crippen LogP contribution in [0.4, 0.5) is 0 Å². The Bertz CT molecular complexity index is 1460. The maximum Gasteiger partial charge on any atom is 0.282 e. The van der Waals surface area contributed by atoms with E-state index in [1.54, 1.807) is 6.92 Å². The van der Waals surface area contributed by atoms with Gasteiger partial charge in [0.2, 0.25) is 5.91 Å². The number of hydrazine groups is 1. The Labute approximate surface area is 188 Å². The van der Waals surface area contributed by atoms with Crippen LogP contribution in [0.2, 0.25) is 0 Å². The SMILES string of the molecule is Cc1ccc2nc(C)c3c(c2c1)C(=O)N(NC(=O)CSc1c(C)[nH]c2ccccc12)C3=O. The van der Waals surface area contributed by atoms with Gasteiger partial charge in [-0.3, -0.25) is 24.8 Å². The van der Waals surface area contributed by atoms with E-state index in [2.05, 4.69) is 15.4 Å². The van der Waals surface area contributed by atoms with Gasteiger partial charge in [0.05, 0.1) is 28.1 Å². The van der Waals surface area contributed by atoms with Gasteiger partial charge in [0.15, 0.2) is 0 Å². The molecule has 0 radical (unpaired) electrons. The van der Waals surface area contributed by atoms with Gasteiger partial charge in [-0.15, -0.1) is 11.8 Å². The number of aryl methyl sites for hydroxylation is 3. The van der Waals surface area contributed by atoms with E-state index in [1.165, 1.54) is 11.8 Å². The van der Waals surface area contributed by atoms with Gasteiger partial charge >= 0.3 is 0 Å². The number of fused-ring (bicyclic) bond motifs is 4. The molecular formula is C24H20N4O3S. The first-order valence-corrected chi connectivity index (χ1v) is 11.1. The number of H-pyrrole nitrogens is 1. The van der Waals surface area contributed by atoms with Crippen LogP contribution in [-0.2, 0) is 4.79 Å². The molecule has 2 N–H and O–H groups in total. The molecular weight excluding hydrogens is 424 g/mol.